The van der Waals surface area contributed by atoms with E-state index >= 15 is 0 Å². The average molecular weight is 584 g/mol. The summed E-state index contributed by atoms with van der Waals surface area (Å²) in [6.45, 7) is 12.9. The van der Waals surface area contributed by atoms with E-state index in [0.717, 1.165) is 36.5 Å². The van der Waals surface area contributed by atoms with E-state index in [0.29, 0.717) is 17.2 Å². The third kappa shape index (κ3) is 11.0. The monoisotopic (exact) mass is 583 g/mol. The van der Waals surface area contributed by atoms with Crippen LogP contribution in [-0.2, 0) is 0 Å². The molecular formula is C31H49N7O2S. The maximum atomic E-state index is 12.9. The highest BCUT2D eigenvalue weighted by atomic mass is 32.2. The molecule has 2 unspecified atom stereocenters. The lowest BCUT2D eigenvalue weighted by Gasteiger charge is -2.40. The Morgan fingerprint density at radius 2 is 1.78 bits per heavy atom. The molecule has 0 aliphatic carbocycles. The molecule has 0 spiro atoms. The van der Waals surface area contributed by atoms with Gasteiger partial charge in [-0.2, -0.15) is 0 Å². The predicted molar refractivity (Wildman–Crippen MR) is 177 cm³/mol. The Morgan fingerprint density at radius 3 is 2.29 bits per heavy atom. The normalized spacial score (nSPS) is 15.9. The smallest absolute Gasteiger partial charge is 0.271 e. The number of nitrogens with zero attached hydrogens (tertiary/aromatic N) is 4. The van der Waals surface area contributed by atoms with E-state index in [2.05, 4.69) is 40.3 Å². The van der Waals surface area contributed by atoms with Gasteiger partial charge in [0.1, 0.15) is 5.82 Å². The number of carbonyl (C=O) groups excluding carboxylic acids is 2. The van der Waals surface area contributed by atoms with E-state index in [1.807, 2.05) is 90.2 Å². The van der Waals surface area contributed by atoms with E-state index in [1.165, 1.54) is 11.8 Å². The maximum Gasteiger partial charge on any atom is 0.271 e. The molecule has 1 saturated heterocycles. The first-order valence-electron chi connectivity index (χ1n) is 14.1. The number of amides is 2. The van der Waals surface area contributed by atoms with Gasteiger partial charge in [-0.05, 0) is 56.7 Å². The molecule has 10 heteroatoms. The van der Waals surface area contributed by atoms with Gasteiger partial charge < -0.3 is 26.2 Å². The zero-order valence-electron chi connectivity index (χ0n) is 26.2. The summed E-state index contributed by atoms with van der Waals surface area (Å²) in [6.07, 6.45) is 16.1. The van der Waals surface area contributed by atoms with Crippen LogP contribution in [0, 0.1) is 12.8 Å². The summed E-state index contributed by atoms with van der Waals surface area (Å²) in [5.74, 6) is 0.237. The minimum absolute atomic E-state index is 0.0125. The van der Waals surface area contributed by atoms with Crippen molar-refractivity contribution < 1.29 is 9.59 Å². The van der Waals surface area contributed by atoms with Gasteiger partial charge in [0.2, 0.25) is 0 Å². The summed E-state index contributed by atoms with van der Waals surface area (Å²) in [4.78, 5) is 38.0. The van der Waals surface area contributed by atoms with Crippen molar-refractivity contribution in [1.29, 1.82) is 0 Å². The number of nitrogens with one attached hydrogen (secondary N) is 2. The highest BCUT2D eigenvalue weighted by Crippen LogP contribution is 2.27. The fraction of sp³-hybridized carbons (Fsp3) is 0.484. The van der Waals surface area contributed by atoms with Crippen molar-refractivity contribution in [1.82, 2.24) is 15.3 Å². The number of carbonyl (C=O) groups is 2. The number of thioether (sulfide) groups is 1. The summed E-state index contributed by atoms with van der Waals surface area (Å²) < 4.78 is 0. The van der Waals surface area contributed by atoms with Crippen LogP contribution < -0.4 is 26.2 Å². The molecule has 2 amide bonds. The molecule has 2 aromatic rings. The Morgan fingerprint density at radius 1 is 1.17 bits per heavy atom. The van der Waals surface area contributed by atoms with Gasteiger partial charge in [0.15, 0.2) is 11.5 Å². The SMILES string of the molecule is C#C.CC.CC.CC/C=C(/Nc1nc(N2CCCC(NC(=O)c3ccc(N(C)C)cc3)C2C)cnc1C(N)=O)SC. The van der Waals surface area contributed by atoms with Crippen molar-refractivity contribution in [3.63, 3.8) is 0 Å². The number of benzene rings is 1. The molecule has 41 heavy (non-hydrogen) atoms. The van der Waals surface area contributed by atoms with Crippen molar-refractivity contribution >= 4 is 40.9 Å². The molecule has 1 aromatic heterocycles. The minimum atomic E-state index is -0.638. The van der Waals surface area contributed by atoms with E-state index in [4.69, 9.17) is 10.7 Å². The van der Waals surface area contributed by atoms with E-state index in [-0.39, 0.29) is 23.7 Å². The van der Waals surface area contributed by atoms with Crippen LogP contribution in [0.2, 0.25) is 0 Å². The van der Waals surface area contributed by atoms with Crippen LogP contribution in [-0.4, -0.2) is 60.8 Å². The largest absolute Gasteiger partial charge is 0.378 e. The van der Waals surface area contributed by atoms with Crippen LogP contribution in [0.1, 0.15) is 81.7 Å². The zero-order chi connectivity index (χ0) is 31.5. The van der Waals surface area contributed by atoms with Crippen LogP contribution in [0.4, 0.5) is 17.3 Å². The third-order valence-electron chi connectivity index (χ3n) is 6.09. The van der Waals surface area contributed by atoms with Gasteiger partial charge in [-0.3, -0.25) is 9.59 Å². The van der Waals surface area contributed by atoms with Crippen LogP contribution >= 0.6 is 11.8 Å². The Bertz CT molecular complexity index is 1120. The molecule has 226 valence electrons. The van der Waals surface area contributed by atoms with Gasteiger partial charge in [0, 0.05) is 44.0 Å². The van der Waals surface area contributed by atoms with Crippen LogP contribution in [0.25, 0.3) is 0 Å². The third-order valence-corrected chi connectivity index (χ3v) is 6.80. The topological polar surface area (TPSA) is 116 Å². The molecule has 3 rings (SSSR count). The van der Waals surface area contributed by atoms with E-state index in [1.54, 1.807) is 6.20 Å². The van der Waals surface area contributed by atoms with Crippen LogP contribution in [0.5, 0.6) is 0 Å². The lowest BCUT2D eigenvalue weighted by Crippen LogP contribution is -2.54. The Balaban J connectivity index is 0.00000250. The summed E-state index contributed by atoms with van der Waals surface area (Å²) in [7, 11) is 3.93. The molecule has 2 atom stereocenters. The summed E-state index contributed by atoms with van der Waals surface area (Å²) in [5.41, 5.74) is 7.32. The highest BCUT2D eigenvalue weighted by molar-refractivity contribution is 8.02. The standard InChI is InChI=1S/C25H35N7O2S.2C2H6.C2H2/c1-6-8-21(35-5)30-24-22(23(26)33)27-15-20(29-24)32-14-7-9-19(16(32)2)28-25(34)17-10-12-18(13-11-17)31(3)4;3*1-2/h8,10-13,15-16,19H,6-7,9,14H2,1-5H3,(H2,26,33)(H,28,34)(H,29,30);2*1-2H3;1-2H/b21-8-;;;. The molecule has 1 aliphatic rings. The molecule has 1 aromatic carbocycles. The number of primary amides is 1. The first-order valence-corrected chi connectivity index (χ1v) is 15.3. The van der Waals surface area contributed by atoms with Gasteiger partial charge in [0.25, 0.3) is 11.8 Å². The molecule has 1 aliphatic heterocycles. The number of aromatic nitrogens is 2. The fourth-order valence-corrected chi connectivity index (χ4v) is 4.63. The number of anilines is 3. The van der Waals surface area contributed by atoms with Crippen molar-refractivity contribution in [2.24, 2.45) is 5.73 Å². The minimum Gasteiger partial charge on any atom is -0.378 e. The first kappa shape index (κ1) is 37.3. The van der Waals surface area contributed by atoms with E-state index < -0.39 is 5.91 Å². The molecule has 0 saturated carbocycles. The molecular weight excluding hydrogens is 534 g/mol. The quantitative estimate of drug-likeness (QED) is 0.319. The number of hydrogen-bond acceptors (Lipinski definition) is 8. The van der Waals surface area contributed by atoms with Gasteiger partial charge >= 0.3 is 0 Å². The highest BCUT2D eigenvalue weighted by Gasteiger charge is 2.31. The maximum absolute atomic E-state index is 12.9. The van der Waals surface area contributed by atoms with Gasteiger partial charge in [0.05, 0.1) is 11.2 Å². The van der Waals surface area contributed by atoms with Gasteiger partial charge in [-0.15, -0.1) is 24.6 Å². The van der Waals surface area contributed by atoms with Gasteiger partial charge in [-0.25, -0.2) is 9.97 Å². The van der Waals surface area contributed by atoms with Crippen molar-refractivity contribution in [3.05, 3.63) is 52.8 Å². The number of rotatable bonds is 9. The Labute approximate surface area is 251 Å². The Kier molecular flexibility index (Phi) is 18.4. The summed E-state index contributed by atoms with van der Waals surface area (Å²) in [5, 5.41) is 7.27. The van der Waals surface area contributed by atoms with E-state index in [9.17, 15) is 9.59 Å². The van der Waals surface area contributed by atoms with Gasteiger partial charge in [-0.1, -0.05) is 40.7 Å². The van der Waals surface area contributed by atoms with Crippen molar-refractivity contribution in [2.45, 2.75) is 72.9 Å². The second-order valence-corrected chi connectivity index (χ2v) is 9.54. The second kappa shape index (κ2) is 20.2. The summed E-state index contributed by atoms with van der Waals surface area (Å²) in [6, 6.07) is 7.49. The molecule has 4 N–H and O–H groups in total. The predicted octanol–water partition coefficient (Wildman–Crippen LogP) is 5.76. The summed E-state index contributed by atoms with van der Waals surface area (Å²) >= 11 is 1.53. The number of terminal acetylenes is 1. The number of piperidine rings is 1. The number of allylic oxidation sites excluding steroid dienone is 1. The molecule has 1 fully saturated rings. The van der Waals surface area contributed by atoms with Crippen molar-refractivity contribution in [2.75, 3.05) is 42.0 Å². The zero-order valence-corrected chi connectivity index (χ0v) is 27.0. The Hall–Kier alpha value is -3.71. The van der Waals surface area contributed by atoms with Crippen LogP contribution in [0.15, 0.2) is 41.6 Å². The number of nitrogens with two attached hydrogens (primary N) is 1. The molecule has 0 radical (unpaired) electrons. The first-order chi connectivity index (χ1) is 19.7. The van der Waals surface area contributed by atoms with Crippen LogP contribution in [0.3, 0.4) is 0 Å². The molecule has 0 bridgehead atoms. The fourth-order valence-electron chi connectivity index (χ4n) is 4.10. The average Bonchev–Trinajstić information content (AvgIpc) is 3.00. The molecule has 9 nitrogen and oxygen atoms in total. The lowest BCUT2D eigenvalue weighted by molar-refractivity contribution is 0.0923. The van der Waals surface area contributed by atoms with Crippen molar-refractivity contribution in [3.8, 4) is 12.8 Å². The second-order valence-electron chi connectivity index (χ2n) is 8.69. The number of hydrogen-bond donors (Lipinski definition) is 3. The molecule has 2 heterocycles. The lowest BCUT2D eigenvalue weighted by atomic mass is 9.97.